The topological polar surface area (TPSA) is 71.2 Å². The maximum atomic E-state index is 12.0. The Kier molecular flexibility index (Phi) is 12.1. The second-order valence-electron chi connectivity index (χ2n) is 7.68. The molecule has 1 aliphatic heterocycles. The van der Waals surface area contributed by atoms with Crippen LogP contribution in [0.1, 0.15) is 74.6 Å². The van der Waals surface area contributed by atoms with Crippen molar-refractivity contribution in [3.05, 3.63) is 23.9 Å². The van der Waals surface area contributed by atoms with Crippen LogP contribution in [-0.4, -0.2) is 53.5 Å². The molecule has 5 nitrogen and oxygen atoms in total. The van der Waals surface area contributed by atoms with Crippen molar-refractivity contribution >= 4 is 23.5 Å². The van der Waals surface area contributed by atoms with Gasteiger partial charge in [-0.1, -0.05) is 51.4 Å². The number of nitrogens with zero attached hydrogens (tertiary/aromatic N) is 2. The largest absolute Gasteiger partial charge is 0.383 e. The standard InChI is InChI=1S/C22H38N4OS/c23-21-20(12-11-14-24-21)22(27)25-13-9-7-5-3-1-2-4-6-8-10-15-26-16-18-28-19-17-26/h11-12,14H,1-10,13,15-19H2,(H2,23,24)(H,25,27). The summed E-state index contributed by atoms with van der Waals surface area (Å²) in [5, 5.41) is 2.93. The molecule has 3 N–H and O–H groups in total. The number of nitrogens with one attached hydrogen (secondary N) is 1. The van der Waals surface area contributed by atoms with Crippen molar-refractivity contribution in [2.24, 2.45) is 0 Å². The first-order valence-corrected chi connectivity index (χ1v) is 12.2. The van der Waals surface area contributed by atoms with Gasteiger partial charge in [-0.15, -0.1) is 0 Å². The summed E-state index contributed by atoms with van der Waals surface area (Å²) < 4.78 is 0. The summed E-state index contributed by atoms with van der Waals surface area (Å²) in [5.74, 6) is 2.83. The van der Waals surface area contributed by atoms with Gasteiger partial charge in [0.05, 0.1) is 5.56 Å². The van der Waals surface area contributed by atoms with E-state index in [1.54, 1.807) is 18.3 Å². The zero-order valence-corrected chi connectivity index (χ0v) is 18.2. The Morgan fingerprint density at radius 1 is 1.00 bits per heavy atom. The lowest BCUT2D eigenvalue weighted by molar-refractivity contribution is 0.0953. The van der Waals surface area contributed by atoms with E-state index in [-0.39, 0.29) is 5.91 Å². The van der Waals surface area contributed by atoms with Gasteiger partial charge in [0, 0.05) is 37.3 Å². The van der Waals surface area contributed by atoms with Gasteiger partial charge in [-0.05, 0) is 31.5 Å². The quantitative estimate of drug-likeness (QED) is 0.450. The third-order valence-electron chi connectivity index (χ3n) is 5.37. The van der Waals surface area contributed by atoms with Gasteiger partial charge in [-0.2, -0.15) is 11.8 Å². The third kappa shape index (κ3) is 9.78. The summed E-state index contributed by atoms with van der Waals surface area (Å²) in [7, 11) is 0. The van der Waals surface area contributed by atoms with Crippen molar-refractivity contribution in [2.75, 3.05) is 43.4 Å². The SMILES string of the molecule is Nc1ncccc1C(=O)NCCCCCCCCCCCCN1CCSCC1. The van der Waals surface area contributed by atoms with E-state index in [2.05, 4.69) is 27.0 Å². The number of nitrogens with two attached hydrogens (primary N) is 1. The maximum absolute atomic E-state index is 12.0. The second-order valence-corrected chi connectivity index (χ2v) is 8.91. The molecule has 2 rings (SSSR count). The zero-order valence-electron chi connectivity index (χ0n) is 17.3. The van der Waals surface area contributed by atoms with Crippen molar-refractivity contribution < 1.29 is 4.79 Å². The Hall–Kier alpha value is -1.27. The molecule has 158 valence electrons. The van der Waals surface area contributed by atoms with E-state index in [1.165, 1.54) is 88.9 Å². The minimum atomic E-state index is -0.121. The predicted molar refractivity (Wildman–Crippen MR) is 121 cm³/mol. The van der Waals surface area contributed by atoms with Crippen LogP contribution in [-0.2, 0) is 0 Å². The van der Waals surface area contributed by atoms with Crippen molar-refractivity contribution in [3.63, 3.8) is 0 Å². The number of nitrogen functional groups attached to an aromatic ring is 1. The van der Waals surface area contributed by atoms with Crippen molar-refractivity contribution in [1.82, 2.24) is 15.2 Å². The van der Waals surface area contributed by atoms with Crippen LogP contribution in [0.5, 0.6) is 0 Å². The normalized spacial score (nSPS) is 14.9. The molecule has 6 heteroatoms. The molecule has 1 saturated heterocycles. The molecule has 1 fully saturated rings. The fourth-order valence-electron chi connectivity index (χ4n) is 3.61. The number of hydrogen-bond donors (Lipinski definition) is 2. The Labute approximate surface area is 175 Å². The first kappa shape index (κ1) is 23.0. The number of amides is 1. The van der Waals surface area contributed by atoms with Gasteiger partial charge >= 0.3 is 0 Å². The molecule has 0 atom stereocenters. The highest BCUT2D eigenvalue weighted by atomic mass is 32.2. The van der Waals surface area contributed by atoms with Gasteiger partial charge in [0.2, 0.25) is 0 Å². The van der Waals surface area contributed by atoms with E-state index in [9.17, 15) is 4.79 Å². The minimum absolute atomic E-state index is 0.121. The zero-order chi connectivity index (χ0) is 19.9. The van der Waals surface area contributed by atoms with Crippen LogP contribution in [0.15, 0.2) is 18.3 Å². The van der Waals surface area contributed by atoms with Crippen LogP contribution in [0.3, 0.4) is 0 Å². The summed E-state index contributed by atoms with van der Waals surface area (Å²) in [4.78, 5) is 18.6. The van der Waals surface area contributed by atoms with Crippen LogP contribution in [0.4, 0.5) is 5.82 Å². The van der Waals surface area contributed by atoms with Gasteiger partial charge in [-0.3, -0.25) is 4.79 Å². The molecular formula is C22H38N4OS. The molecule has 0 radical (unpaired) electrons. The molecular weight excluding hydrogens is 368 g/mol. The van der Waals surface area contributed by atoms with Crippen molar-refractivity contribution in [3.8, 4) is 0 Å². The molecule has 1 aromatic heterocycles. The van der Waals surface area contributed by atoms with Crippen LogP contribution < -0.4 is 11.1 Å². The van der Waals surface area contributed by atoms with Gasteiger partial charge in [0.15, 0.2) is 0 Å². The highest BCUT2D eigenvalue weighted by Gasteiger charge is 2.09. The van der Waals surface area contributed by atoms with Crippen molar-refractivity contribution in [2.45, 2.75) is 64.2 Å². The van der Waals surface area contributed by atoms with E-state index in [4.69, 9.17) is 5.73 Å². The van der Waals surface area contributed by atoms with E-state index in [1.807, 2.05) is 0 Å². The molecule has 2 heterocycles. The summed E-state index contributed by atoms with van der Waals surface area (Å²) in [5.41, 5.74) is 6.19. The summed E-state index contributed by atoms with van der Waals surface area (Å²) >= 11 is 2.09. The van der Waals surface area contributed by atoms with Gasteiger partial charge in [0.1, 0.15) is 5.82 Å². The Morgan fingerprint density at radius 3 is 2.25 bits per heavy atom. The van der Waals surface area contributed by atoms with Crippen LogP contribution in [0.2, 0.25) is 0 Å². The number of unbranched alkanes of at least 4 members (excludes halogenated alkanes) is 9. The molecule has 1 aliphatic rings. The monoisotopic (exact) mass is 406 g/mol. The van der Waals surface area contributed by atoms with Gasteiger partial charge in [0.25, 0.3) is 5.91 Å². The number of thioether (sulfide) groups is 1. The summed E-state index contributed by atoms with van der Waals surface area (Å²) in [6.45, 7) is 4.62. The van der Waals surface area contributed by atoms with E-state index >= 15 is 0 Å². The van der Waals surface area contributed by atoms with Gasteiger partial charge < -0.3 is 16.0 Å². The predicted octanol–water partition coefficient (Wildman–Crippen LogP) is 4.34. The first-order valence-electron chi connectivity index (χ1n) is 11.1. The van der Waals surface area contributed by atoms with Crippen molar-refractivity contribution in [1.29, 1.82) is 0 Å². The number of hydrogen-bond acceptors (Lipinski definition) is 5. The highest BCUT2D eigenvalue weighted by Crippen LogP contribution is 2.13. The molecule has 0 saturated carbocycles. The Balaban J connectivity index is 1.32. The fourth-order valence-corrected chi connectivity index (χ4v) is 4.58. The number of carbonyl (C=O) groups excluding carboxylic acids is 1. The first-order chi connectivity index (χ1) is 13.8. The number of carbonyl (C=O) groups is 1. The lowest BCUT2D eigenvalue weighted by Gasteiger charge is -2.25. The number of aromatic nitrogens is 1. The summed E-state index contributed by atoms with van der Waals surface area (Å²) in [6, 6.07) is 3.45. The van der Waals surface area contributed by atoms with E-state index < -0.39 is 0 Å². The van der Waals surface area contributed by atoms with Gasteiger partial charge in [-0.25, -0.2) is 4.98 Å². The number of rotatable bonds is 14. The van der Waals surface area contributed by atoms with Crippen LogP contribution in [0.25, 0.3) is 0 Å². The fraction of sp³-hybridized carbons (Fsp3) is 0.727. The van der Waals surface area contributed by atoms with E-state index in [0.29, 0.717) is 17.9 Å². The molecule has 0 unspecified atom stereocenters. The molecule has 0 spiro atoms. The average Bonchev–Trinajstić information content (AvgIpc) is 2.72. The molecule has 28 heavy (non-hydrogen) atoms. The molecule has 0 bridgehead atoms. The third-order valence-corrected chi connectivity index (χ3v) is 6.32. The number of pyridine rings is 1. The smallest absolute Gasteiger partial charge is 0.255 e. The second kappa shape index (κ2) is 14.7. The highest BCUT2D eigenvalue weighted by molar-refractivity contribution is 7.99. The lowest BCUT2D eigenvalue weighted by atomic mass is 10.1. The maximum Gasteiger partial charge on any atom is 0.255 e. The molecule has 0 aromatic carbocycles. The molecule has 1 amide bonds. The lowest BCUT2D eigenvalue weighted by Crippen LogP contribution is -2.33. The summed E-state index contributed by atoms with van der Waals surface area (Å²) in [6.07, 6.45) is 14.7. The van der Waals surface area contributed by atoms with Crippen LogP contribution >= 0.6 is 11.8 Å². The Morgan fingerprint density at radius 2 is 1.61 bits per heavy atom. The Bertz CT molecular complexity index is 549. The number of anilines is 1. The average molecular weight is 407 g/mol. The van der Waals surface area contributed by atoms with E-state index in [0.717, 1.165) is 6.42 Å². The minimum Gasteiger partial charge on any atom is -0.383 e. The van der Waals surface area contributed by atoms with Crippen LogP contribution in [0, 0.1) is 0 Å². The molecule has 0 aliphatic carbocycles. The molecule has 1 aromatic rings.